The number of hydrogen-bond donors (Lipinski definition) is 1. The molecule has 264 valence electrons. The Hall–Kier alpha value is -4.37. The summed E-state index contributed by atoms with van der Waals surface area (Å²) in [6.07, 6.45) is -3.02. The summed E-state index contributed by atoms with van der Waals surface area (Å²) in [5.74, 6) is -0.361. The molecule has 1 aliphatic heterocycles. The maximum absolute atomic E-state index is 13.7. The van der Waals surface area contributed by atoms with Gasteiger partial charge in [-0.1, -0.05) is 13.8 Å². The molecule has 2 heterocycles. The molecular formula is C32H40F6N6O4. The number of carbonyl (C=O) groups is 2. The summed E-state index contributed by atoms with van der Waals surface area (Å²) in [7, 11) is 2.81. The molecule has 3 rings (SSSR count). The zero-order valence-corrected chi connectivity index (χ0v) is 27.1. The number of aromatic nitrogens is 2. The van der Waals surface area contributed by atoms with E-state index in [1.54, 1.807) is 16.8 Å². The van der Waals surface area contributed by atoms with Gasteiger partial charge in [0.25, 0.3) is 0 Å². The zero-order chi connectivity index (χ0) is 35.6. The lowest BCUT2D eigenvalue weighted by Gasteiger charge is -2.47. The number of hydrogen-bond acceptors (Lipinski definition) is 9. The number of anilines is 1. The molecule has 1 amide bonds. The second kappa shape index (κ2) is 16.6. The Labute approximate surface area is 275 Å². The number of allylic oxidation sites excluding steroid dienone is 1. The maximum atomic E-state index is 13.7. The predicted molar refractivity (Wildman–Crippen MR) is 167 cm³/mol. The van der Waals surface area contributed by atoms with Crippen molar-refractivity contribution in [2.75, 3.05) is 25.7 Å². The van der Waals surface area contributed by atoms with E-state index in [0.717, 1.165) is 0 Å². The predicted octanol–water partition coefficient (Wildman–Crippen LogP) is 6.63. The Bertz CT molecular complexity index is 1400. The number of halogens is 6. The molecule has 1 aromatic heterocycles. The van der Waals surface area contributed by atoms with Crippen LogP contribution in [0.2, 0.25) is 0 Å². The average molecular weight is 687 g/mol. The van der Waals surface area contributed by atoms with Crippen LogP contribution in [0, 0.1) is 0 Å². The van der Waals surface area contributed by atoms with Gasteiger partial charge in [0.1, 0.15) is 0 Å². The molecule has 0 saturated carbocycles. The highest BCUT2D eigenvalue weighted by Crippen LogP contribution is 2.38. The van der Waals surface area contributed by atoms with Crippen LogP contribution in [-0.4, -0.2) is 72.0 Å². The van der Waals surface area contributed by atoms with E-state index >= 15 is 0 Å². The lowest BCUT2D eigenvalue weighted by molar-refractivity contribution is -0.143. The molecule has 10 nitrogen and oxygen atoms in total. The first-order valence-corrected chi connectivity index (χ1v) is 15.4. The number of likely N-dealkylation sites (tertiary alicyclic amines) is 1. The van der Waals surface area contributed by atoms with Crippen LogP contribution >= 0.6 is 0 Å². The van der Waals surface area contributed by atoms with Crippen molar-refractivity contribution in [3.8, 4) is 0 Å². The molecule has 3 atom stereocenters. The number of rotatable bonds is 12. The fourth-order valence-corrected chi connectivity index (χ4v) is 5.72. The van der Waals surface area contributed by atoms with Gasteiger partial charge >= 0.3 is 24.4 Å². The van der Waals surface area contributed by atoms with Gasteiger partial charge < -0.3 is 25.0 Å². The third-order valence-corrected chi connectivity index (χ3v) is 8.12. The number of aliphatic imine (C=N–C) groups is 1. The molecule has 0 bridgehead atoms. The molecule has 48 heavy (non-hydrogen) atoms. The van der Waals surface area contributed by atoms with Crippen LogP contribution in [0.25, 0.3) is 5.57 Å². The van der Waals surface area contributed by atoms with Gasteiger partial charge in [0.05, 0.1) is 24.8 Å². The van der Waals surface area contributed by atoms with Crippen molar-refractivity contribution in [2.24, 2.45) is 10.7 Å². The van der Waals surface area contributed by atoms with E-state index in [2.05, 4.69) is 19.7 Å². The van der Waals surface area contributed by atoms with Gasteiger partial charge in [-0.2, -0.15) is 26.3 Å². The minimum atomic E-state index is -5.02. The fourth-order valence-electron chi connectivity index (χ4n) is 5.72. The number of carbonyl (C=O) groups excluding carboxylic acids is 2. The Kier molecular flexibility index (Phi) is 13.2. The molecule has 1 fully saturated rings. The fraction of sp³-hybridized carbons (Fsp3) is 0.531. The minimum Gasteiger partial charge on any atom is -0.469 e. The SMILES string of the molecule is CC[C@@H]1CC(N(Cc2cc(C(F)(F)F)cc(C(F)(F)F)c2)c2ncc(C(C=NC)=CN)cn2)C[C@H](CC)N1C(=O)OCCCC(=O)OC. The summed E-state index contributed by atoms with van der Waals surface area (Å²) in [6.45, 7) is 3.35. The standard InChI is InChI=1S/C32H40F6N6O4/c1-5-25-13-27(14-26(6-2)44(25)30(46)48-9-7-8-28(45)47-4)43(29-41-17-22(18-42-29)21(15-39)16-40-3)19-20-10-23(31(33,34)35)12-24(11-20)32(36,37)38/h10-12,15-18,25-27H,5-9,13-14,19,39H2,1-4H3/t25-,26+,27?. The van der Waals surface area contributed by atoms with Gasteiger partial charge in [-0.3, -0.25) is 9.79 Å². The molecular weight excluding hydrogens is 646 g/mol. The van der Waals surface area contributed by atoms with Crippen molar-refractivity contribution < 1.29 is 45.4 Å². The summed E-state index contributed by atoms with van der Waals surface area (Å²) in [5, 5.41) is 0. The third kappa shape index (κ3) is 9.83. The minimum absolute atomic E-state index is 0.00783. The van der Waals surface area contributed by atoms with Gasteiger partial charge in [-0.05, 0) is 55.9 Å². The molecule has 1 saturated heterocycles. The van der Waals surface area contributed by atoms with Crippen LogP contribution in [0.15, 0.2) is 41.8 Å². The molecule has 1 unspecified atom stereocenters. The molecule has 1 aromatic carbocycles. The normalized spacial score (nSPS) is 19.0. The molecule has 2 N–H and O–H groups in total. The topological polar surface area (TPSA) is 123 Å². The highest BCUT2D eigenvalue weighted by Gasteiger charge is 2.41. The second-order valence-corrected chi connectivity index (χ2v) is 11.3. The van der Waals surface area contributed by atoms with Crippen LogP contribution in [0.1, 0.15) is 74.6 Å². The maximum Gasteiger partial charge on any atom is 0.416 e. The number of nitrogens with two attached hydrogens (primary N) is 1. The summed E-state index contributed by atoms with van der Waals surface area (Å²) in [6, 6.07) is 0.217. The van der Waals surface area contributed by atoms with Crippen molar-refractivity contribution >= 4 is 29.8 Å². The molecule has 16 heteroatoms. The molecule has 0 aliphatic carbocycles. The highest BCUT2D eigenvalue weighted by molar-refractivity contribution is 6.09. The molecule has 0 radical (unpaired) electrons. The number of amides is 1. The summed E-state index contributed by atoms with van der Waals surface area (Å²) >= 11 is 0. The smallest absolute Gasteiger partial charge is 0.416 e. The van der Waals surface area contributed by atoms with Gasteiger partial charge in [0.15, 0.2) is 0 Å². The van der Waals surface area contributed by atoms with Gasteiger partial charge in [0, 0.05) is 74.1 Å². The monoisotopic (exact) mass is 686 g/mol. The Morgan fingerprint density at radius 1 is 1.02 bits per heavy atom. The van der Waals surface area contributed by atoms with Crippen LogP contribution in [0.5, 0.6) is 0 Å². The van der Waals surface area contributed by atoms with E-state index in [1.165, 1.54) is 31.9 Å². The van der Waals surface area contributed by atoms with E-state index in [-0.39, 0.29) is 55.7 Å². The van der Waals surface area contributed by atoms with Crippen LogP contribution in [-0.2, 0) is 33.2 Å². The number of ether oxygens (including phenoxy) is 2. The number of methoxy groups -OCH3 is 1. The quantitative estimate of drug-likeness (QED) is 0.114. The van der Waals surface area contributed by atoms with Crippen LogP contribution in [0.3, 0.4) is 0 Å². The number of benzene rings is 1. The van der Waals surface area contributed by atoms with Crippen molar-refractivity contribution in [3.05, 3.63) is 59.0 Å². The summed E-state index contributed by atoms with van der Waals surface area (Å²) < 4.78 is 92.6. The van der Waals surface area contributed by atoms with Crippen LogP contribution < -0.4 is 10.6 Å². The van der Waals surface area contributed by atoms with Gasteiger partial charge in [-0.15, -0.1) is 0 Å². The Balaban J connectivity index is 2.02. The Morgan fingerprint density at radius 2 is 1.58 bits per heavy atom. The van der Waals surface area contributed by atoms with Crippen molar-refractivity contribution in [1.29, 1.82) is 0 Å². The number of nitrogens with zero attached hydrogens (tertiary/aromatic N) is 5. The van der Waals surface area contributed by atoms with Crippen molar-refractivity contribution in [3.63, 3.8) is 0 Å². The van der Waals surface area contributed by atoms with E-state index in [4.69, 9.17) is 10.5 Å². The van der Waals surface area contributed by atoms with Crippen molar-refractivity contribution in [2.45, 2.75) is 89.4 Å². The molecule has 0 spiro atoms. The van der Waals surface area contributed by atoms with E-state index in [9.17, 15) is 35.9 Å². The number of piperidine rings is 1. The van der Waals surface area contributed by atoms with Gasteiger partial charge in [0.2, 0.25) is 5.95 Å². The van der Waals surface area contributed by atoms with E-state index in [1.807, 2.05) is 13.8 Å². The first-order chi connectivity index (χ1) is 22.7. The summed E-state index contributed by atoms with van der Waals surface area (Å²) in [5.41, 5.74) is 3.60. The van der Waals surface area contributed by atoms with Crippen molar-refractivity contribution in [1.82, 2.24) is 14.9 Å². The molecule has 1 aliphatic rings. The zero-order valence-electron chi connectivity index (χ0n) is 27.1. The molecule has 2 aromatic rings. The van der Waals surface area contributed by atoms with Crippen LogP contribution in [0.4, 0.5) is 37.1 Å². The number of alkyl halides is 6. The lowest BCUT2D eigenvalue weighted by Crippen LogP contribution is -2.57. The average Bonchev–Trinajstić information content (AvgIpc) is 3.06. The largest absolute Gasteiger partial charge is 0.469 e. The van der Waals surface area contributed by atoms with Gasteiger partial charge in [-0.25, -0.2) is 14.8 Å². The number of esters is 1. The first kappa shape index (κ1) is 38.1. The first-order valence-electron chi connectivity index (χ1n) is 15.4. The Morgan fingerprint density at radius 3 is 2.04 bits per heavy atom. The van der Waals surface area contributed by atoms with E-state index in [0.29, 0.717) is 49.0 Å². The summed E-state index contributed by atoms with van der Waals surface area (Å²) in [4.78, 5) is 40.7. The highest BCUT2D eigenvalue weighted by atomic mass is 19.4. The second-order valence-electron chi connectivity index (χ2n) is 11.3. The third-order valence-electron chi connectivity index (χ3n) is 8.12. The van der Waals surface area contributed by atoms with E-state index < -0.39 is 41.6 Å². The lowest BCUT2D eigenvalue weighted by atomic mass is 9.87.